The van der Waals surface area contributed by atoms with E-state index in [0.29, 0.717) is 15.6 Å². The number of hydrogen-bond donors (Lipinski definition) is 1. The number of halogens is 2. The van der Waals surface area contributed by atoms with Gasteiger partial charge < -0.3 is 10.1 Å². The lowest BCUT2D eigenvalue weighted by atomic mass is 10.1. The Bertz CT molecular complexity index is 803. The standard InChI is InChI=1S/C19H17Cl2NO3/c1-2-13-5-3-4-6-17(13)22-18(23)12-25-19(24)10-8-14-7-9-15(20)11-16(14)21/h3-11H,2,12H2,1H3,(H,22,23)/b10-8+. The predicted molar refractivity (Wildman–Crippen MR) is 101 cm³/mol. The lowest BCUT2D eigenvalue weighted by Gasteiger charge is -2.09. The molecule has 2 aromatic carbocycles. The molecule has 1 amide bonds. The number of carbonyl (C=O) groups excluding carboxylic acids is 2. The van der Waals surface area contributed by atoms with Crippen LogP contribution in [0.4, 0.5) is 5.69 Å². The zero-order valence-electron chi connectivity index (χ0n) is 13.6. The van der Waals surface area contributed by atoms with E-state index in [1.54, 1.807) is 24.3 Å². The van der Waals surface area contributed by atoms with Crippen molar-refractivity contribution in [3.05, 3.63) is 69.7 Å². The first-order valence-electron chi connectivity index (χ1n) is 7.67. The number of rotatable bonds is 6. The molecule has 0 heterocycles. The van der Waals surface area contributed by atoms with E-state index in [4.69, 9.17) is 27.9 Å². The van der Waals surface area contributed by atoms with Crippen molar-refractivity contribution in [2.75, 3.05) is 11.9 Å². The molecule has 0 spiro atoms. The Kier molecular flexibility index (Phi) is 7.04. The smallest absolute Gasteiger partial charge is 0.331 e. The first kappa shape index (κ1) is 19.0. The van der Waals surface area contributed by atoms with Gasteiger partial charge in [0, 0.05) is 21.8 Å². The molecule has 6 heteroatoms. The van der Waals surface area contributed by atoms with Gasteiger partial charge in [-0.15, -0.1) is 0 Å². The Morgan fingerprint density at radius 3 is 2.64 bits per heavy atom. The van der Waals surface area contributed by atoms with E-state index >= 15 is 0 Å². The van der Waals surface area contributed by atoms with Crippen molar-refractivity contribution in [1.82, 2.24) is 0 Å². The van der Waals surface area contributed by atoms with Crippen LogP contribution < -0.4 is 5.32 Å². The second-order valence-corrected chi connectivity index (χ2v) is 6.01. The van der Waals surface area contributed by atoms with Gasteiger partial charge in [-0.3, -0.25) is 4.79 Å². The second-order valence-electron chi connectivity index (χ2n) is 5.17. The molecule has 0 saturated heterocycles. The molecule has 25 heavy (non-hydrogen) atoms. The zero-order valence-corrected chi connectivity index (χ0v) is 15.1. The summed E-state index contributed by atoms with van der Waals surface area (Å²) in [6, 6.07) is 12.4. The summed E-state index contributed by atoms with van der Waals surface area (Å²) in [5.74, 6) is -1.03. The summed E-state index contributed by atoms with van der Waals surface area (Å²) in [5, 5.41) is 3.66. The minimum absolute atomic E-state index is 0.366. The van der Waals surface area contributed by atoms with Crippen LogP contribution in [0.3, 0.4) is 0 Å². The lowest BCUT2D eigenvalue weighted by Crippen LogP contribution is -2.20. The molecule has 1 N–H and O–H groups in total. The third-order valence-electron chi connectivity index (χ3n) is 3.38. The Labute approximate surface area is 156 Å². The average Bonchev–Trinajstić information content (AvgIpc) is 2.59. The molecule has 0 aliphatic heterocycles. The molecule has 130 valence electrons. The van der Waals surface area contributed by atoms with Crippen molar-refractivity contribution in [3.8, 4) is 0 Å². The number of para-hydroxylation sites is 1. The number of aryl methyl sites for hydroxylation is 1. The minimum atomic E-state index is -0.634. The molecule has 0 fully saturated rings. The van der Waals surface area contributed by atoms with Gasteiger partial charge in [0.1, 0.15) is 0 Å². The summed E-state index contributed by atoms with van der Waals surface area (Å²) in [7, 11) is 0. The molecule has 0 aliphatic carbocycles. The molecule has 0 aliphatic rings. The first-order chi connectivity index (χ1) is 12.0. The molecule has 4 nitrogen and oxygen atoms in total. The maximum absolute atomic E-state index is 11.9. The number of esters is 1. The van der Waals surface area contributed by atoms with Crippen molar-refractivity contribution in [2.45, 2.75) is 13.3 Å². The summed E-state index contributed by atoms with van der Waals surface area (Å²) in [6.07, 6.45) is 3.51. The maximum atomic E-state index is 11.9. The number of anilines is 1. The largest absolute Gasteiger partial charge is 0.452 e. The number of nitrogens with one attached hydrogen (secondary N) is 1. The van der Waals surface area contributed by atoms with Crippen molar-refractivity contribution in [1.29, 1.82) is 0 Å². The fourth-order valence-corrected chi connectivity index (χ4v) is 2.59. The normalized spacial score (nSPS) is 10.7. The lowest BCUT2D eigenvalue weighted by molar-refractivity contribution is -0.142. The molecular weight excluding hydrogens is 361 g/mol. The van der Waals surface area contributed by atoms with E-state index in [-0.39, 0.29) is 6.61 Å². The van der Waals surface area contributed by atoms with Gasteiger partial charge in [0.15, 0.2) is 6.61 Å². The highest BCUT2D eigenvalue weighted by Gasteiger charge is 2.08. The van der Waals surface area contributed by atoms with E-state index in [2.05, 4.69) is 5.32 Å². The van der Waals surface area contributed by atoms with Crippen molar-refractivity contribution in [2.24, 2.45) is 0 Å². The highest BCUT2D eigenvalue weighted by molar-refractivity contribution is 6.35. The van der Waals surface area contributed by atoms with Crippen molar-refractivity contribution >= 4 is 46.8 Å². The number of amides is 1. The minimum Gasteiger partial charge on any atom is -0.452 e. The van der Waals surface area contributed by atoms with Gasteiger partial charge in [0.05, 0.1) is 0 Å². The molecule has 0 bridgehead atoms. The Morgan fingerprint density at radius 1 is 1.16 bits per heavy atom. The number of carbonyl (C=O) groups is 2. The Morgan fingerprint density at radius 2 is 1.92 bits per heavy atom. The van der Waals surface area contributed by atoms with Crippen LogP contribution in [-0.2, 0) is 20.7 Å². The van der Waals surface area contributed by atoms with Gasteiger partial charge in [-0.1, -0.05) is 54.4 Å². The van der Waals surface area contributed by atoms with E-state index in [0.717, 1.165) is 17.7 Å². The van der Waals surface area contributed by atoms with Crippen molar-refractivity contribution < 1.29 is 14.3 Å². The van der Waals surface area contributed by atoms with Crippen LogP contribution in [0.15, 0.2) is 48.5 Å². The topological polar surface area (TPSA) is 55.4 Å². The molecule has 0 radical (unpaired) electrons. The monoisotopic (exact) mass is 377 g/mol. The second kappa shape index (κ2) is 9.25. The Balaban J connectivity index is 1.87. The van der Waals surface area contributed by atoms with Crippen LogP contribution >= 0.6 is 23.2 Å². The van der Waals surface area contributed by atoms with Crippen LogP contribution in [0.5, 0.6) is 0 Å². The molecule has 0 saturated carbocycles. The summed E-state index contributed by atoms with van der Waals surface area (Å²) in [5.41, 5.74) is 2.36. The molecule has 0 aromatic heterocycles. The molecular formula is C19H17Cl2NO3. The summed E-state index contributed by atoms with van der Waals surface area (Å²) in [4.78, 5) is 23.6. The molecule has 0 unspecified atom stereocenters. The molecule has 2 aromatic rings. The maximum Gasteiger partial charge on any atom is 0.331 e. The fourth-order valence-electron chi connectivity index (χ4n) is 2.12. The average molecular weight is 378 g/mol. The van der Waals surface area contributed by atoms with E-state index in [1.807, 2.05) is 25.1 Å². The van der Waals surface area contributed by atoms with E-state index < -0.39 is 11.9 Å². The van der Waals surface area contributed by atoms with Gasteiger partial charge in [0.2, 0.25) is 0 Å². The van der Waals surface area contributed by atoms with Gasteiger partial charge >= 0.3 is 5.97 Å². The van der Waals surface area contributed by atoms with Gasteiger partial charge in [-0.2, -0.15) is 0 Å². The predicted octanol–water partition coefficient (Wildman–Crippen LogP) is 4.75. The summed E-state index contributed by atoms with van der Waals surface area (Å²) < 4.78 is 4.93. The van der Waals surface area contributed by atoms with Crippen LogP contribution in [0.1, 0.15) is 18.1 Å². The zero-order chi connectivity index (χ0) is 18.2. The Hall–Kier alpha value is -2.30. The SMILES string of the molecule is CCc1ccccc1NC(=O)COC(=O)/C=C/c1ccc(Cl)cc1Cl. The van der Waals surface area contributed by atoms with E-state index in [1.165, 1.54) is 12.2 Å². The van der Waals surface area contributed by atoms with E-state index in [9.17, 15) is 9.59 Å². The third kappa shape index (κ3) is 5.93. The third-order valence-corrected chi connectivity index (χ3v) is 3.94. The fraction of sp³-hybridized carbons (Fsp3) is 0.158. The van der Waals surface area contributed by atoms with Crippen LogP contribution in [0.25, 0.3) is 6.08 Å². The van der Waals surface area contributed by atoms with Crippen LogP contribution in [0.2, 0.25) is 10.0 Å². The number of benzene rings is 2. The highest BCUT2D eigenvalue weighted by Crippen LogP contribution is 2.22. The summed E-state index contributed by atoms with van der Waals surface area (Å²) >= 11 is 11.8. The highest BCUT2D eigenvalue weighted by atomic mass is 35.5. The number of hydrogen-bond acceptors (Lipinski definition) is 3. The van der Waals surface area contributed by atoms with Gasteiger partial charge in [0.25, 0.3) is 5.91 Å². The van der Waals surface area contributed by atoms with Crippen molar-refractivity contribution in [3.63, 3.8) is 0 Å². The number of ether oxygens (including phenoxy) is 1. The summed E-state index contributed by atoms with van der Waals surface area (Å²) in [6.45, 7) is 1.63. The van der Waals surface area contributed by atoms with Crippen LogP contribution in [0, 0.1) is 0 Å². The van der Waals surface area contributed by atoms with Gasteiger partial charge in [-0.05, 0) is 41.8 Å². The van der Waals surface area contributed by atoms with Gasteiger partial charge in [-0.25, -0.2) is 4.79 Å². The quantitative estimate of drug-likeness (QED) is 0.583. The molecule has 0 atom stereocenters. The molecule has 2 rings (SSSR count). The van der Waals surface area contributed by atoms with Crippen LogP contribution in [-0.4, -0.2) is 18.5 Å². The first-order valence-corrected chi connectivity index (χ1v) is 8.43.